The molecule has 4 N–H and O–H groups in total. The van der Waals surface area contributed by atoms with Crippen LogP contribution in [-0.2, 0) is 29.2 Å². The second kappa shape index (κ2) is 15.2. The standard InChI is InChI=1S/C33H53F3N6O7S/c1-9-17-37-27(45)24(43)21(13-16-33(34,35)36)38-26(44)23-22-20(31(22,5)6)18-42(23)28(46)25(30(2,3)4)39-29(47)40-32(14-11-10-12-15-32)19-41(7)50(8,48)49/h9,20-23,25H,1,10-19H2,2-8H3,(H,37,45)(H,38,44)(H2,39,40,47)/t20-,21?,22-,23-,25+/m0/s1. The molecule has 0 aromatic heterocycles. The van der Waals surface area contributed by atoms with Gasteiger partial charge >= 0.3 is 12.2 Å². The van der Waals surface area contributed by atoms with E-state index >= 15 is 0 Å². The molecule has 0 aromatic rings. The van der Waals surface area contributed by atoms with Crippen LogP contribution in [0.2, 0.25) is 0 Å². The Morgan fingerprint density at radius 1 is 1.04 bits per heavy atom. The first-order valence-corrected chi connectivity index (χ1v) is 18.8. The van der Waals surface area contributed by atoms with Crippen LogP contribution in [0.1, 0.15) is 79.6 Å². The monoisotopic (exact) mass is 734 g/mol. The van der Waals surface area contributed by atoms with Crippen LogP contribution in [-0.4, -0.2) is 110 Å². The van der Waals surface area contributed by atoms with E-state index in [0.717, 1.165) is 25.5 Å². The molecule has 13 nitrogen and oxygen atoms in total. The third kappa shape index (κ3) is 9.98. The Hall–Kier alpha value is -3.21. The van der Waals surface area contributed by atoms with Crippen molar-refractivity contribution in [2.45, 2.75) is 109 Å². The second-order valence-corrected chi connectivity index (χ2v) is 17.8. The van der Waals surface area contributed by atoms with E-state index in [0.29, 0.717) is 12.8 Å². The summed E-state index contributed by atoms with van der Waals surface area (Å²) in [6.07, 6.45) is -1.09. The number of fused-ring (bicyclic) bond motifs is 1. The molecule has 0 spiro atoms. The molecule has 5 amide bonds. The van der Waals surface area contributed by atoms with E-state index in [1.807, 2.05) is 13.8 Å². The molecule has 0 radical (unpaired) electrons. The highest BCUT2D eigenvalue weighted by atomic mass is 32.2. The van der Waals surface area contributed by atoms with Crippen molar-refractivity contribution in [3.05, 3.63) is 12.7 Å². The van der Waals surface area contributed by atoms with Gasteiger partial charge in [-0.3, -0.25) is 19.2 Å². The third-order valence-corrected chi connectivity index (χ3v) is 11.7. The number of piperidine rings is 1. The number of sulfonamides is 1. The summed E-state index contributed by atoms with van der Waals surface area (Å²) in [5.41, 5.74) is -2.15. The zero-order valence-electron chi connectivity index (χ0n) is 30.0. The fourth-order valence-corrected chi connectivity index (χ4v) is 7.86. The Balaban J connectivity index is 1.87. The smallest absolute Gasteiger partial charge is 0.346 e. The minimum absolute atomic E-state index is 0.0417. The number of nitrogens with zero attached hydrogens (tertiary/aromatic N) is 2. The number of rotatable bonds is 14. The number of hydrogen-bond donors (Lipinski definition) is 4. The van der Waals surface area contributed by atoms with Gasteiger partial charge in [-0.25, -0.2) is 17.5 Å². The van der Waals surface area contributed by atoms with Gasteiger partial charge in [-0.1, -0.05) is 60.0 Å². The van der Waals surface area contributed by atoms with Crippen LogP contribution < -0.4 is 21.3 Å². The molecule has 3 aliphatic rings. The molecular weight excluding hydrogens is 681 g/mol. The average Bonchev–Trinajstić information content (AvgIpc) is 3.30. The molecular formula is C33H53F3N6O7S. The maximum absolute atomic E-state index is 14.3. The van der Waals surface area contributed by atoms with E-state index in [1.165, 1.54) is 22.3 Å². The molecule has 2 aliphatic carbocycles. The number of Topliss-reactive ketones (excluding diaryl/α,β-unsaturated/α-hetero) is 1. The summed E-state index contributed by atoms with van der Waals surface area (Å²) < 4.78 is 65.2. The quantitative estimate of drug-likeness (QED) is 0.157. The first-order chi connectivity index (χ1) is 22.8. The van der Waals surface area contributed by atoms with Crippen LogP contribution in [0.5, 0.6) is 0 Å². The summed E-state index contributed by atoms with van der Waals surface area (Å²) in [5.74, 6) is -4.40. The van der Waals surface area contributed by atoms with Gasteiger partial charge < -0.3 is 26.2 Å². The Morgan fingerprint density at radius 3 is 2.16 bits per heavy atom. The number of carbonyl (C=O) groups is 5. The summed E-state index contributed by atoms with van der Waals surface area (Å²) >= 11 is 0. The maximum atomic E-state index is 14.3. The largest absolute Gasteiger partial charge is 0.389 e. The van der Waals surface area contributed by atoms with E-state index in [1.54, 1.807) is 20.8 Å². The average molecular weight is 735 g/mol. The van der Waals surface area contributed by atoms with Gasteiger partial charge in [-0.15, -0.1) is 6.58 Å². The van der Waals surface area contributed by atoms with Crippen molar-refractivity contribution in [1.82, 2.24) is 30.5 Å². The zero-order valence-corrected chi connectivity index (χ0v) is 30.9. The Labute approximate surface area is 292 Å². The predicted molar refractivity (Wildman–Crippen MR) is 180 cm³/mol. The fraction of sp³-hybridized carbons (Fsp3) is 0.788. The fourth-order valence-electron chi connectivity index (χ4n) is 7.37. The number of likely N-dealkylation sites (N-methyl/N-ethyl adjacent to an activating group) is 1. The minimum Gasteiger partial charge on any atom is -0.346 e. The number of carbonyl (C=O) groups excluding carboxylic acids is 5. The molecule has 3 fully saturated rings. The van der Waals surface area contributed by atoms with Gasteiger partial charge in [0.25, 0.3) is 5.91 Å². The van der Waals surface area contributed by atoms with Gasteiger partial charge in [0, 0.05) is 33.1 Å². The van der Waals surface area contributed by atoms with Crippen LogP contribution in [0.4, 0.5) is 18.0 Å². The van der Waals surface area contributed by atoms with Crippen LogP contribution >= 0.6 is 0 Å². The first kappa shape index (κ1) is 41.2. The van der Waals surface area contributed by atoms with Gasteiger partial charge in [-0.2, -0.15) is 13.2 Å². The van der Waals surface area contributed by atoms with Crippen molar-refractivity contribution in [2.75, 3.05) is 32.9 Å². The highest BCUT2D eigenvalue weighted by Gasteiger charge is 2.70. The van der Waals surface area contributed by atoms with Crippen molar-refractivity contribution >= 4 is 39.6 Å². The molecule has 50 heavy (non-hydrogen) atoms. The molecule has 5 atom stereocenters. The Bertz CT molecular complexity index is 1440. The lowest BCUT2D eigenvalue weighted by Crippen LogP contribution is -2.64. The molecule has 1 aliphatic heterocycles. The number of amides is 5. The van der Waals surface area contributed by atoms with E-state index in [9.17, 15) is 45.6 Å². The molecule has 1 saturated heterocycles. The molecule has 1 heterocycles. The molecule has 0 aromatic carbocycles. The number of hydrogen-bond acceptors (Lipinski definition) is 7. The topological polar surface area (TPSA) is 174 Å². The number of halogens is 3. The van der Waals surface area contributed by atoms with Gasteiger partial charge in [0.15, 0.2) is 0 Å². The van der Waals surface area contributed by atoms with E-state index in [2.05, 4.69) is 27.8 Å². The first-order valence-electron chi connectivity index (χ1n) is 17.0. The molecule has 2 saturated carbocycles. The number of likely N-dealkylation sites (tertiary alicyclic amines) is 1. The Morgan fingerprint density at radius 2 is 1.64 bits per heavy atom. The molecule has 1 unspecified atom stereocenters. The van der Waals surface area contributed by atoms with Crippen molar-refractivity contribution in [1.29, 1.82) is 0 Å². The molecule has 284 valence electrons. The summed E-state index contributed by atoms with van der Waals surface area (Å²) in [6, 6.07) is -4.83. The highest BCUT2D eigenvalue weighted by molar-refractivity contribution is 7.88. The maximum Gasteiger partial charge on any atom is 0.389 e. The lowest BCUT2D eigenvalue weighted by atomic mass is 9.81. The summed E-state index contributed by atoms with van der Waals surface area (Å²) in [6.45, 7) is 12.5. The Kier molecular flexibility index (Phi) is 12.5. The second-order valence-electron chi connectivity index (χ2n) is 15.7. The van der Waals surface area contributed by atoms with Crippen LogP contribution in [0.25, 0.3) is 0 Å². The lowest BCUT2D eigenvalue weighted by Gasteiger charge is -2.42. The van der Waals surface area contributed by atoms with Crippen molar-refractivity contribution in [3.8, 4) is 0 Å². The predicted octanol–water partition coefficient (Wildman–Crippen LogP) is 2.48. The molecule has 17 heteroatoms. The zero-order chi connectivity index (χ0) is 38.0. The van der Waals surface area contributed by atoms with Gasteiger partial charge in [0.1, 0.15) is 12.1 Å². The van der Waals surface area contributed by atoms with E-state index in [-0.39, 0.29) is 31.5 Å². The van der Waals surface area contributed by atoms with Crippen molar-refractivity contribution < 1.29 is 45.6 Å². The van der Waals surface area contributed by atoms with Crippen LogP contribution in [0, 0.1) is 22.7 Å². The summed E-state index contributed by atoms with van der Waals surface area (Å²) in [4.78, 5) is 68.5. The lowest BCUT2D eigenvalue weighted by molar-refractivity contribution is -0.148. The molecule has 0 bridgehead atoms. The van der Waals surface area contributed by atoms with Gasteiger partial charge in [0.05, 0.1) is 17.8 Å². The van der Waals surface area contributed by atoms with Crippen molar-refractivity contribution in [3.63, 3.8) is 0 Å². The van der Waals surface area contributed by atoms with Gasteiger partial charge in [0.2, 0.25) is 27.6 Å². The van der Waals surface area contributed by atoms with E-state index < -0.39 is 93.1 Å². The van der Waals surface area contributed by atoms with Gasteiger partial charge in [-0.05, 0) is 41.9 Å². The highest BCUT2D eigenvalue weighted by Crippen LogP contribution is 2.65. The molecule has 3 rings (SSSR count). The minimum atomic E-state index is -4.66. The third-order valence-electron chi connectivity index (χ3n) is 10.4. The van der Waals surface area contributed by atoms with Crippen LogP contribution in [0.3, 0.4) is 0 Å². The van der Waals surface area contributed by atoms with E-state index in [4.69, 9.17) is 0 Å². The summed E-state index contributed by atoms with van der Waals surface area (Å²) in [5, 5.41) is 10.3. The number of alkyl halides is 3. The summed E-state index contributed by atoms with van der Waals surface area (Å²) in [7, 11) is -2.11. The number of nitrogens with one attached hydrogen (secondary N) is 4. The SMILES string of the molecule is C=CCNC(=O)C(=O)C(CCC(F)(F)F)NC(=O)[C@@H]1[C@@H]2[C@H](CN1C(=O)[C@@H](NC(=O)NC1(CN(C)S(C)(=O)=O)CCCCC1)C(C)(C)C)C2(C)C. The number of ketones is 1. The normalized spacial score (nSPS) is 24.0. The number of urea groups is 1. The van der Waals surface area contributed by atoms with Crippen LogP contribution in [0.15, 0.2) is 12.7 Å². The van der Waals surface area contributed by atoms with Crippen molar-refractivity contribution in [2.24, 2.45) is 22.7 Å².